The number of benzene rings is 1. The summed E-state index contributed by atoms with van der Waals surface area (Å²) in [5.74, 6) is -0.453. The van der Waals surface area contributed by atoms with Crippen LogP contribution in [-0.4, -0.2) is 16.6 Å². The lowest BCUT2D eigenvalue weighted by Gasteiger charge is -2.38. The van der Waals surface area contributed by atoms with Crippen LogP contribution in [0.3, 0.4) is 0 Å². The predicted octanol–water partition coefficient (Wildman–Crippen LogP) is 3.66. The van der Waals surface area contributed by atoms with Crippen LogP contribution in [0.25, 0.3) is 0 Å². The van der Waals surface area contributed by atoms with Crippen LogP contribution in [0, 0.1) is 17.2 Å². The van der Waals surface area contributed by atoms with Crippen molar-refractivity contribution in [1.29, 1.82) is 5.26 Å². The second-order valence-electron chi connectivity index (χ2n) is 5.52. The molecule has 1 fully saturated rings. The number of anilines is 1. The number of carboxylic acids is 1. The van der Waals surface area contributed by atoms with Gasteiger partial charge in [-0.1, -0.05) is 31.4 Å². The highest BCUT2D eigenvalue weighted by atomic mass is 35.5. The van der Waals surface area contributed by atoms with Gasteiger partial charge in [-0.3, -0.25) is 0 Å². The number of hydrogen-bond donors (Lipinski definition) is 2. The number of carboxylic acid groups (broad SMARTS) is 1. The molecule has 2 N–H and O–H groups in total. The first-order valence-electron chi connectivity index (χ1n) is 6.68. The molecule has 1 aromatic rings. The number of carbonyl (C=O) groups is 1. The summed E-state index contributed by atoms with van der Waals surface area (Å²) >= 11 is 5.99. The Morgan fingerprint density at radius 3 is 2.90 bits per heavy atom. The molecule has 0 radical (unpaired) electrons. The lowest BCUT2D eigenvalue weighted by atomic mass is 9.76. The minimum Gasteiger partial charge on any atom is -0.480 e. The van der Waals surface area contributed by atoms with Gasteiger partial charge in [0.05, 0.1) is 10.6 Å². The normalized spacial score (nSPS) is 25.8. The van der Waals surface area contributed by atoms with E-state index in [4.69, 9.17) is 16.9 Å². The average molecular weight is 293 g/mol. The fraction of sp³-hybridized carbons (Fsp3) is 0.467. The molecule has 0 saturated heterocycles. The van der Waals surface area contributed by atoms with Gasteiger partial charge in [0, 0.05) is 5.69 Å². The van der Waals surface area contributed by atoms with E-state index in [1.54, 1.807) is 18.2 Å². The number of rotatable bonds is 3. The van der Waals surface area contributed by atoms with Gasteiger partial charge in [0.2, 0.25) is 0 Å². The van der Waals surface area contributed by atoms with Crippen molar-refractivity contribution in [3.63, 3.8) is 0 Å². The summed E-state index contributed by atoms with van der Waals surface area (Å²) in [4.78, 5) is 11.7. The van der Waals surface area contributed by atoms with Crippen LogP contribution < -0.4 is 5.32 Å². The van der Waals surface area contributed by atoms with Gasteiger partial charge in [0.15, 0.2) is 0 Å². The lowest BCUT2D eigenvalue weighted by Crippen LogP contribution is -2.49. The third kappa shape index (κ3) is 2.88. The highest BCUT2D eigenvalue weighted by Crippen LogP contribution is 2.36. The molecular formula is C15H17ClN2O2. The van der Waals surface area contributed by atoms with Gasteiger partial charge in [0.25, 0.3) is 0 Å². The van der Waals surface area contributed by atoms with Crippen LogP contribution in [0.4, 0.5) is 5.69 Å². The Morgan fingerprint density at radius 1 is 1.60 bits per heavy atom. The molecule has 20 heavy (non-hydrogen) atoms. The Morgan fingerprint density at radius 2 is 2.35 bits per heavy atom. The molecule has 1 aromatic carbocycles. The number of aliphatic carboxylic acids is 1. The molecule has 2 rings (SSSR count). The maximum absolute atomic E-state index is 11.7. The van der Waals surface area contributed by atoms with Crippen LogP contribution in [0.2, 0.25) is 5.02 Å². The van der Waals surface area contributed by atoms with Gasteiger partial charge in [-0.05, 0) is 37.0 Å². The molecular weight excluding hydrogens is 276 g/mol. The van der Waals surface area contributed by atoms with Gasteiger partial charge in [-0.2, -0.15) is 5.26 Å². The van der Waals surface area contributed by atoms with Crippen LogP contribution in [-0.2, 0) is 4.79 Å². The van der Waals surface area contributed by atoms with Crippen molar-refractivity contribution in [3.05, 3.63) is 28.8 Å². The molecule has 106 valence electrons. The molecule has 0 spiro atoms. The Hall–Kier alpha value is -1.73. The fourth-order valence-electron chi connectivity index (χ4n) is 2.87. The third-order valence-corrected chi connectivity index (χ3v) is 4.19. The molecule has 0 aromatic heterocycles. The van der Waals surface area contributed by atoms with Crippen molar-refractivity contribution in [2.24, 2.45) is 5.92 Å². The van der Waals surface area contributed by atoms with Gasteiger partial charge >= 0.3 is 5.97 Å². The number of halogens is 1. The standard InChI is InChI=1S/C15H17ClN2O2/c1-10-3-2-6-15(8-10,14(19)20)18-12-5-4-11(9-17)13(16)7-12/h4-5,7,10,18H,2-3,6,8H2,1H3,(H,19,20). The first kappa shape index (κ1) is 14.7. The summed E-state index contributed by atoms with van der Waals surface area (Å²) in [7, 11) is 0. The maximum Gasteiger partial charge on any atom is 0.329 e. The highest BCUT2D eigenvalue weighted by Gasteiger charge is 2.41. The van der Waals surface area contributed by atoms with E-state index in [9.17, 15) is 9.90 Å². The van der Waals surface area contributed by atoms with E-state index in [1.165, 1.54) is 0 Å². The zero-order valence-electron chi connectivity index (χ0n) is 11.3. The molecule has 0 bridgehead atoms. The summed E-state index contributed by atoms with van der Waals surface area (Å²) < 4.78 is 0. The Balaban J connectivity index is 2.27. The highest BCUT2D eigenvalue weighted by molar-refractivity contribution is 6.32. The van der Waals surface area contributed by atoms with E-state index < -0.39 is 11.5 Å². The lowest BCUT2D eigenvalue weighted by molar-refractivity contribution is -0.144. The van der Waals surface area contributed by atoms with Gasteiger partial charge < -0.3 is 10.4 Å². The molecule has 1 saturated carbocycles. The molecule has 0 aliphatic heterocycles. The van der Waals surface area contributed by atoms with Crippen molar-refractivity contribution in [3.8, 4) is 6.07 Å². The first-order chi connectivity index (χ1) is 9.47. The van der Waals surface area contributed by atoms with Crippen molar-refractivity contribution >= 4 is 23.3 Å². The van der Waals surface area contributed by atoms with Gasteiger partial charge in [0.1, 0.15) is 11.6 Å². The van der Waals surface area contributed by atoms with E-state index in [-0.39, 0.29) is 0 Å². The minimum atomic E-state index is -0.935. The molecule has 1 aliphatic rings. The maximum atomic E-state index is 11.7. The predicted molar refractivity (Wildman–Crippen MR) is 77.8 cm³/mol. The molecule has 4 nitrogen and oxygen atoms in total. The molecule has 0 amide bonds. The van der Waals surface area contributed by atoms with Gasteiger partial charge in [-0.25, -0.2) is 4.79 Å². The van der Waals surface area contributed by atoms with Crippen molar-refractivity contribution in [2.45, 2.75) is 38.1 Å². The summed E-state index contributed by atoms with van der Waals surface area (Å²) in [5, 5.41) is 21.9. The van der Waals surface area contributed by atoms with Crippen molar-refractivity contribution < 1.29 is 9.90 Å². The molecule has 1 aliphatic carbocycles. The second-order valence-corrected chi connectivity index (χ2v) is 5.93. The quantitative estimate of drug-likeness (QED) is 0.892. The Labute approximate surface area is 123 Å². The monoisotopic (exact) mass is 292 g/mol. The average Bonchev–Trinajstić information content (AvgIpc) is 2.38. The summed E-state index contributed by atoms with van der Waals surface area (Å²) in [5.41, 5.74) is 0.0962. The van der Waals surface area contributed by atoms with Crippen LogP contribution >= 0.6 is 11.6 Å². The zero-order valence-corrected chi connectivity index (χ0v) is 12.1. The van der Waals surface area contributed by atoms with E-state index >= 15 is 0 Å². The van der Waals surface area contributed by atoms with E-state index in [1.807, 2.05) is 6.07 Å². The Bertz CT molecular complexity index is 567. The molecule has 2 atom stereocenters. The summed E-state index contributed by atoms with van der Waals surface area (Å²) in [6.45, 7) is 2.07. The van der Waals surface area contributed by atoms with Crippen molar-refractivity contribution in [1.82, 2.24) is 0 Å². The number of hydrogen-bond acceptors (Lipinski definition) is 3. The van der Waals surface area contributed by atoms with Gasteiger partial charge in [-0.15, -0.1) is 0 Å². The fourth-order valence-corrected chi connectivity index (χ4v) is 3.10. The second kappa shape index (κ2) is 5.72. The number of nitrogens with one attached hydrogen (secondary N) is 1. The molecule has 0 heterocycles. The smallest absolute Gasteiger partial charge is 0.329 e. The molecule has 2 unspecified atom stereocenters. The SMILES string of the molecule is CC1CCCC(Nc2ccc(C#N)c(Cl)c2)(C(=O)O)C1. The summed E-state index contributed by atoms with van der Waals surface area (Å²) in [6, 6.07) is 6.91. The number of nitrogens with zero attached hydrogens (tertiary/aromatic N) is 1. The minimum absolute atomic E-state index is 0.335. The van der Waals surface area contributed by atoms with Crippen molar-refractivity contribution in [2.75, 3.05) is 5.32 Å². The first-order valence-corrected chi connectivity index (χ1v) is 7.06. The topological polar surface area (TPSA) is 73.1 Å². The van der Waals surface area contributed by atoms with Crippen LogP contribution in [0.1, 0.15) is 38.2 Å². The molecule has 5 heteroatoms. The third-order valence-electron chi connectivity index (χ3n) is 3.88. The van der Waals surface area contributed by atoms with Crippen LogP contribution in [0.15, 0.2) is 18.2 Å². The van der Waals surface area contributed by atoms with E-state index in [2.05, 4.69) is 12.2 Å². The van der Waals surface area contributed by atoms with E-state index in [0.717, 1.165) is 12.8 Å². The van der Waals surface area contributed by atoms with E-state index in [0.29, 0.717) is 35.0 Å². The largest absolute Gasteiger partial charge is 0.480 e. The zero-order chi connectivity index (χ0) is 14.8. The van der Waals surface area contributed by atoms with Crippen LogP contribution in [0.5, 0.6) is 0 Å². The summed E-state index contributed by atoms with van der Waals surface area (Å²) in [6.07, 6.45) is 3.15. The number of nitriles is 1. The Kier molecular flexibility index (Phi) is 4.20.